The van der Waals surface area contributed by atoms with Crippen molar-refractivity contribution in [1.82, 2.24) is 0 Å². The van der Waals surface area contributed by atoms with Gasteiger partial charge in [0.05, 0.1) is 5.69 Å². The van der Waals surface area contributed by atoms with Crippen molar-refractivity contribution in [2.75, 3.05) is 12.4 Å². The number of nitrogens with one attached hydrogen (secondary N) is 1. The van der Waals surface area contributed by atoms with Gasteiger partial charge in [-0.05, 0) is 23.6 Å². The minimum atomic E-state index is 0.307. The van der Waals surface area contributed by atoms with Crippen molar-refractivity contribution in [3.8, 4) is 5.75 Å². The zero-order chi connectivity index (χ0) is 9.14. The molecule has 0 saturated carbocycles. The van der Waals surface area contributed by atoms with E-state index in [4.69, 9.17) is 0 Å². The van der Waals surface area contributed by atoms with Crippen LogP contribution in [0.15, 0.2) is 18.2 Å². The average molecular weight is 165 g/mol. The van der Waals surface area contributed by atoms with E-state index in [9.17, 15) is 5.11 Å². The molecule has 0 bridgehead atoms. The first kappa shape index (κ1) is 8.91. The summed E-state index contributed by atoms with van der Waals surface area (Å²) in [5.74, 6) is 0.805. The van der Waals surface area contributed by atoms with E-state index in [1.807, 2.05) is 12.1 Å². The Morgan fingerprint density at radius 1 is 1.33 bits per heavy atom. The van der Waals surface area contributed by atoms with Gasteiger partial charge >= 0.3 is 0 Å². The summed E-state index contributed by atoms with van der Waals surface area (Å²) in [6.45, 7) is 4.26. The van der Waals surface area contributed by atoms with Crippen molar-refractivity contribution in [3.05, 3.63) is 23.8 Å². The van der Waals surface area contributed by atoms with E-state index < -0.39 is 0 Å². The lowest BCUT2D eigenvalue weighted by atomic mass is 10.0. The number of benzene rings is 1. The van der Waals surface area contributed by atoms with E-state index in [-0.39, 0.29) is 0 Å². The number of aromatic hydroxyl groups is 1. The maximum atomic E-state index is 9.35. The molecule has 0 fully saturated rings. The molecular weight excluding hydrogens is 150 g/mol. The molecule has 2 nitrogen and oxygen atoms in total. The molecule has 0 unspecified atom stereocenters. The molecule has 1 aromatic rings. The Kier molecular flexibility index (Phi) is 2.58. The number of phenolic OH excluding ortho intramolecular Hbond substituents is 1. The standard InChI is InChI=1S/C10H15NO/c1-7(2)8-4-5-10(12)9(6-8)11-3/h4-7,11-12H,1-3H3. The first-order chi connectivity index (χ1) is 5.65. The molecule has 1 rings (SSSR count). The average Bonchev–Trinajstić information content (AvgIpc) is 2.05. The predicted molar refractivity (Wildman–Crippen MR) is 51.7 cm³/mol. The molecule has 1 aromatic carbocycles. The van der Waals surface area contributed by atoms with E-state index in [0.29, 0.717) is 11.7 Å². The highest BCUT2D eigenvalue weighted by atomic mass is 16.3. The molecule has 0 radical (unpaired) electrons. The maximum absolute atomic E-state index is 9.35. The topological polar surface area (TPSA) is 32.3 Å². The van der Waals surface area contributed by atoms with Gasteiger partial charge in [-0.2, -0.15) is 0 Å². The lowest BCUT2D eigenvalue weighted by Gasteiger charge is -2.09. The second-order valence-electron chi connectivity index (χ2n) is 3.18. The fraction of sp³-hybridized carbons (Fsp3) is 0.400. The third-order valence-electron chi connectivity index (χ3n) is 1.96. The van der Waals surface area contributed by atoms with Crippen LogP contribution in [0.4, 0.5) is 5.69 Å². The van der Waals surface area contributed by atoms with Crippen LogP contribution in [0.2, 0.25) is 0 Å². The van der Waals surface area contributed by atoms with Crippen LogP contribution in [0.5, 0.6) is 5.75 Å². The van der Waals surface area contributed by atoms with Crippen LogP contribution in [0.25, 0.3) is 0 Å². The summed E-state index contributed by atoms with van der Waals surface area (Å²) in [6, 6.07) is 5.64. The molecule has 0 atom stereocenters. The summed E-state index contributed by atoms with van der Waals surface area (Å²) in [4.78, 5) is 0. The summed E-state index contributed by atoms with van der Waals surface area (Å²) in [7, 11) is 1.80. The van der Waals surface area contributed by atoms with E-state index in [0.717, 1.165) is 5.69 Å². The van der Waals surface area contributed by atoms with Crippen molar-refractivity contribution in [2.24, 2.45) is 0 Å². The lowest BCUT2D eigenvalue weighted by Crippen LogP contribution is -1.92. The number of hydrogen-bond donors (Lipinski definition) is 2. The molecule has 0 aliphatic rings. The molecule has 0 saturated heterocycles. The largest absolute Gasteiger partial charge is 0.506 e. The van der Waals surface area contributed by atoms with E-state index in [1.165, 1.54) is 5.56 Å². The molecule has 0 aromatic heterocycles. The Hall–Kier alpha value is -1.18. The number of rotatable bonds is 2. The van der Waals surface area contributed by atoms with Crippen molar-refractivity contribution < 1.29 is 5.11 Å². The quantitative estimate of drug-likeness (QED) is 0.660. The molecule has 0 spiro atoms. The Bertz CT molecular complexity index is 269. The maximum Gasteiger partial charge on any atom is 0.138 e. The minimum Gasteiger partial charge on any atom is -0.506 e. The monoisotopic (exact) mass is 165 g/mol. The zero-order valence-corrected chi connectivity index (χ0v) is 7.76. The Balaban J connectivity index is 3.05. The highest BCUT2D eigenvalue weighted by Crippen LogP contribution is 2.26. The smallest absolute Gasteiger partial charge is 0.138 e. The Morgan fingerprint density at radius 2 is 2.00 bits per heavy atom. The highest BCUT2D eigenvalue weighted by molar-refractivity contribution is 5.57. The molecule has 0 amide bonds. The molecule has 12 heavy (non-hydrogen) atoms. The van der Waals surface area contributed by atoms with Crippen LogP contribution in [-0.4, -0.2) is 12.2 Å². The fourth-order valence-electron chi connectivity index (χ4n) is 1.11. The van der Waals surface area contributed by atoms with Crippen LogP contribution in [0.3, 0.4) is 0 Å². The van der Waals surface area contributed by atoms with Crippen molar-refractivity contribution in [2.45, 2.75) is 19.8 Å². The fourth-order valence-corrected chi connectivity index (χ4v) is 1.11. The van der Waals surface area contributed by atoms with Crippen LogP contribution >= 0.6 is 0 Å². The van der Waals surface area contributed by atoms with Gasteiger partial charge in [0, 0.05) is 7.05 Å². The summed E-state index contributed by atoms with van der Waals surface area (Å²) in [5, 5.41) is 12.3. The van der Waals surface area contributed by atoms with E-state index >= 15 is 0 Å². The SMILES string of the molecule is CNc1cc(C(C)C)ccc1O. The summed E-state index contributed by atoms with van der Waals surface area (Å²) < 4.78 is 0. The first-order valence-corrected chi connectivity index (χ1v) is 4.16. The van der Waals surface area contributed by atoms with Gasteiger partial charge in [0.15, 0.2) is 0 Å². The molecule has 2 N–H and O–H groups in total. The second kappa shape index (κ2) is 3.48. The molecule has 0 heterocycles. The third kappa shape index (κ3) is 1.70. The molecule has 2 heteroatoms. The van der Waals surface area contributed by atoms with Crippen LogP contribution in [0, 0.1) is 0 Å². The van der Waals surface area contributed by atoms with Crippen LogP contribution in [0.1, 0.15) is 25.3 Å². The highest BCUT2D eigenvalue weighted by Gasteiger charge is 2.02. The van der Waals surface area contributed by atoms with E-state index in [2.05, 4.69) is 19.2 Å². The summed E-state index contributed by atoms with van der Waals surface area (Å²) in [6.07, 6.45) is 0. The van der Waals surface area contributed by atoms with Crippen LogP contribution < -0.4 is 5.32 Å². The van der Waals surface area contributed by atoms with Gasteiger partial charge in [-0.15, -0.1) is 0 Å². The van der Waals surface area contributed by atoms with Gasteiger partial charge in [-0.1, -0.05) is 19.9 Å². The summed E-state index contributed by atoms with van der Waals surface area (Å²) in [5.41, 5.74) is 2.03. The normalized spacial score (nSPS) is 10.3. The van der Waals surface area contributed by atoms with Gasteiger partial charge in [0.2, 0.25) is 0 Å². The number of anilines is 1. The predicted octanol–water partition coefficient (Wildman–Crippen LogP) is 2.56. The van der Waals surface area contributed by atoms with Crippen molar-refractivity contribution in [1.29, 1.82) is 0 Å². The minimum absolute atomic E-state index is 0.307. The van der Waals surface area contributed by atoms with E-state index in [1.54, 1.807) is 13.1 Å². The number of hydrogen-bond acceptors (Lipinski definition) is 2. The van der Waals surface area contributed by atoms with Gasteiger partial charge in [0.25, 0.3) is 0 Å². The van der Waals surface area contributed by atoms with Crippen LogP contribution in [-0.2, 0) is 0 Å². The van der Waals surface area contributed by atoms with Gasteiger partial charge in [0.1, 0.15) is 5.75 Å². The van der Waals surface area contributed by atoms with Crippen molar-refractivity contribution in [3.63, 3.8) is 0 Å². The van der Waals surface area contributed by atoms with Crippen molar-refractivity contribution >= 4 is 5.69 Å². The third-order valence-corrected chi connectivity index (χ3v) is 1.96. The van der Waals surface area contributed by atoms with Gasteiger partial charge in [-0.25, -0.2) is 0 Å². The number of phenols is 1. The zero-order valence-electron chi connectivity index (χ0n) is 7.76. The Morgan fingerprint density at radius 3 is 2.50 bits per heavy atom. The Labute approximate surface area is 73.2 Å². The summed E-state index contributed by atoms with van der Waals surface area (Å²) >= 11 is 0. The molecule has 0 aliphatic carbocycles. The first-order valence-electron chi connectivity index (χ1n) is 4.16. The van der Waals surface area contributed by atoms with Gasteiger partial charge < -0.3 is 10.4 Å². The molecular formula is C10H15NO. The molecule has 66 valence electrons. The lowest BCUT2D eigenvalue weighted by molar-refractivity contribution is 0.477. The molecule has 0 aliphatic heterocycles. The second-order valence-corrected chi connectivity index (χ2v) is 3.18. The van der Waals surface area contributed by atoms with Gasteiger partial charge in [-0.3, -0.25) is 0 Å².